The van der Waals surface area contributed by atoms with Crippen LogP contribution in [0.4, 0.5) is 4.39 Å². The minimum absolute atomic E-state index is 0.139. The molecule has 0 saturated carbocycles. The van der Waals surface area contributed by atoms with Gasteiger partial charge in [-0.2, -0.15) is 0 Å². The van der Waals surface area contributed by atoms with Gasteiger partial charge in [0.2, 0.25) is 0 Å². The summed E-state index contributed by atoms with van der Waals surface area (Å²) in [5.74, 6) is 0. The maximum absolute atomic E-state index is 12.2. The Kier molecular flexibility index (Phi) is 5.60. The largest absolute Gasteiger partial charge is 0.301 e. The maximum atomic E-state index is 12.2. The first kappa shape index (κ1) is 9.89. The Balaban J connectivity index is 3.53. The first-order valence-corrected chi connectivity index (χ1v) is 4.02. The van der Waals surface area contributed by atoms with Crippen molar-refractivity contribution in [3.63, 3.8) is 0 Å². The Morgan fingerprint density at radius 3 is 2.30 bits per heavy atom. The minimum atomic E-state index is -0.215. The molecule has 0 N–H and O–H groups in total. The molecule has 0 aliphatic carbocycles. The molecule has 10 heavy (non-hydrogen) atoms. The van der Waals surface area contributed by atoms with E-state index in [2.05, 4.69) is 11.8 Å². The molecule has 0 aliphatic rings. The fraction of sp³-hybridized carbons (Fsp3) is 1.00. The van der Waals surface area contributed by atoms with E-state index in [1.807, 2.05) is 14.0 Å². The van der Waals surface area contributed by atoms with Gasteiger partial charge >= 0.3 is 0 Å². The molecule has 0 saturated heterocycles. The van der Waals surface area contributed by atoms with Gasteiger partial charge in [-0.1, -0.05) is 13.8 Å². The molecule has 1 nitrogen and oxygen atoms in total. The third kappa shape index (κ3) is 3.16. The third-order valence-corrected chi connectivity index (χ3v) is 1.85. The fourth-order valence-corrected chi connectivity index (χ4v) is 1.07. The molecule has 0 radical (unpaired) electrons. The number of alkyl halides is 1. The predicted octanol–water partition coefficient (Wildman–Crippen LogP) is 2.08. The quantitative estimate of drug-likeness (QED) is 0.575. The van der Waals surface area contributed by atoms with Crippen molar-refractivity contribution in [2.24, 2.45) is 0 Å². The summed E-state index contributed by atoms with van der Waals surface area (Å²) in [6.07, 6.45) is 2.01. The van der Waals surface area contributed by atoms with Gasteiger partial charge in [0.15, 0.2) is 0 Å². The van der Waals surface area contributed by atoms with E-state index in [0.717, 1.165) is 19.4 Å². The van der Waals surface area contributed by atoms with Gasteiger partial charge in [0.1, 0.15) is 6.67 Å². The van der Waals surface area contributed by atoms with E-state index in [9.17, 15) is 4.39 Å². The van der Waals surface area contributed by atoms with Crippen molar-refractivity contribution in [1.29, 1.82) is 0 Å². The molecule has 0 aromatic heterocycles. The zero-order valence-electron chi connectivity index (χ0n) is 7.23. The van der Waals surface area contributed by atoms with Crippen LogP contribution in [0.1, 0.15) is 26.7 Å². The first-order valence-electron chi connectivity index (χ1n) is 4.02. The summed E-state index contributed by atoms with van der Waals surface area (Å²) in [6.45, 7) is 4.92. The molecule has 0 aromatic rings. The van der Waals surface area contributed by atoms with Gasteiger partial charge in [-0.3, -0.25) is 0 Å². The van der Waals surface area contributed by atoms with Crippen LogP contribution in [-0.2, 0) is 0 Å². The predicted molar refractivity (Wildman–Crippen MR) is 43.0 cm³/mol. The average Bonchev–Trinajstić information content (AvgIpc) is 1.91. The number of halogens is 1. The van der Waals surface area contributed by atoms with Gasteiger partial charge in [-0.25, -0.2) is 4.39 Å². The standard InChI is InChI=1S/C8H18FN/c1-4-6-10(3)8(5-2)7-9/h8H,4-7H2,1-3H3/t8-/m1/s1. The molecule has 0 aromatic carbocycles. The Morgan fingerprint density at radius 2 is 2.00 bits per heavy atom. The molecule has 0 rings (SSSR count). The number of hydrogen-bond donors (Lipinski definition) is 0. The Hall–Kier alpha value is -0.110. The third-order valence-electron chi connectivity index (χ3n) is 1.85. The van der Waals surface area contributed by atoms with Gasteiger partial charge in [0.05, 0.1) is 0 Å². The van der Waals surface area contributed by atoms with Crippen LogP contribution in [0.25, 0.3) is 0 Å². The van der Waals surface area contributed by atoms with Crippen LogP contribution in [-0.4, -0.2) is 31.2 Å². The van der Waals surface area contributed by atoms with Crippen LogP contribution >= 0.6 is 0 Å². The lowest BCUT2D eigenvalue weighted by molar-refractivity contribution is 0.196. The van der Waals surface area contributed by atoms with Crippen molar-refractivity contribution >= 4 is 0 Å². The SMILES string of the molecule is CCCN(C)[C@H](CC)CF. The normalized spacial score (nSPS) is 14.1. The zero-order valence-corrected chi connectivity index (χ0v) is 7.23. The summed E-state index contributed by atoms with van der Waals surface area (Å²) in [6, 6.07) is 0.139. The lowest BCUT2D eigenvalue weighted by atomic mass is 10.2. The second-order valence-electron chi connectivity index (χ2n) is 2.70. The van der Waals surface area contributed by atoms with Crippen molar-refractivity contribution in [1.82, 2.24) is 4.90 Å². The molecule has 0 spiro atoms. The van der Waals surface area contributed by atoms with E-state index >= 15 is 0 Å². The van der Waals surface area contributed by atoms with Crippen molar-refractivity contribution < 1.29 is 4.39 Å². The second kappa shape index (κ2) is 5.66. The molecule has 0 heterocycles. The van der Waals surface area contributed by atoms with Crippen LogP contribution in [0.15, 0.2) is 0 Å². The van der Waals surface area contributed by atoms with Crippen LogP contribution < -0.4 is 0 Å². The monoisotopic (exact) mass is 147 g/mol. The summed E-state index contributed by atoms with van der Waals surface area (Å²) >= 11 is 0. The van der Waals surface area contributed by atoms with Gasteiger partial charge in [-0.05, 0) is 26.4 Å². The molecule has 0 unspecified atom stereocenters. The topological polar surface area (TPSA) is 3.24 Å². The smallest absolute Gasteiger partial charge is 0.105 e. The molecule has 0 aliphatic heterocycles. The highest BCUT2D eigenvalue weighted by Gasteiger charge is 2.09. The van der Waals surface area contributed by atoms with Crippen LogP contribution in [0.2, 0.25) is 0 Å². The zero-order chi connectivity index (χ0) is 7.98. The average molecular weight is 147 g/mol. The highest BCUT2D eigenvalue weighted by atomic mass is 19.1. The van der Waals surface area contributed by atoms with Crippen LogP contribution in [0.3, 0.4) is 0 Å². The highest BCUT2D eigenvalue weighted by molar-refractivity contribution is 4.64. The van der Waals surface area contributed by atoms with Crippen LogP contribution in [0.5, 0.6) is 0 Å². The molecular formula is C8H18FN. The van der Waals surface area contributed by atoms with E-state index in [-0.39, 0.29) is 12.7 Å². The number of hydrogen-bond acceptors (Lipinski definition) is 1. The maximum Gasteiger partial charge on any atom is 0.105 e. The Morgan fingerprint density at radius 1 is 1.40 bits per heavy atom. The summed E-state index contributed by atoms with van der Waals surface area (Å²) in [4.78, 5) is 2.08. The number of nitrogens with zero attached hydrogens (tertiary/aromatic N) is 1. The summed E-state index contributed by atoms with van der Waals surface area (Å²) in [5, 5.41) is 0. The highest BCUT2D eigenvalue weighted by Crippen LogP contribution is 2.02. The molecule has 1 atom stereocenters. The van der Waals surface area contributed by atoms with Crippen molar-refractivity contribution in [3.05, 3.63) is 0 Å². The van der Waals surface area contributed by atoms with Crippen molar-refractivity contribution in [3.8, 4) is 0 Å². The molecule has 0 fully saturated rings. The second-order valence-corrected chi connectivity index (χ2v) is 2.70. The summed E-state index contributed by atoms with van der Waals surface area (Å²) in [7, 11) is 1.98. The van der Waals surface area contributed by atoms with Gasteiger partial charge in [-0.15, -0.1) is 0 Å². The molecule has 0 amide bonds. The van der Waals surface area contributed by atoms with E-state index < -0.39 is 0 Å². The first-order chi connectivity index (χ1) is 4.76. The van der Waals surface area contributed by atoms with E-state index in [4.69, 9.17) is 0 Å². The molecule has 2 heteroatoms. The van der Waals surface area contributed by atoms with Crippen LogP contribution in [0, 0.1) is 0 Å². The Bertz CT molecular complexity index is 71.7. The Labute approximate surface area is 63.2 Å². The van der Waals surface area contributed by atoms with Crippen molar-refractivity contribution in [2.75, 3.05) is 20.3 Å². The van der Waals surface area contributed by atoms with Gasteiger partial charge in [0.25, 0.3) is 0 Å². The number of rotatable bonds is 5. The lowest BCUT2D eigenvalue weighted by Crippen LogP contribution is -2.33. The van der Waals surface area contributed by atoms with Gasteiger partial charge < -0.3 is 4.90 Å². The molecule has 62 valence electrons. The van der Waals surface area contributed by atoms with E-state index in [1.54, 1.807) is 0 Å². The molecule has 0 bridgehead atoms. The van der Waals surface area contributed by atoms with E-state index in [1.165, 1.54) is 0 Å². The summed E-state index contributed by atoms with van der Waals surface area (Å²) in [5.41, 5.74) is 0. The molecular weight excluding hydrogens is 129 g/mol. The summed E-state index contributed by atoms with van der Waals surface area (Å²) < 4.78 is 12.2. The van der Waals surface area contributed by atoms with E-state index in [0.29, 0.717) is 0 Å². The fourth-order valence-electron chi connectivity index (χ4n) is 1.07. The van der Waals surface area contributed by atoms with Gasteiger partial charge in [0, 0.05) is 6.04 Å². The van der Waals surface area contributed by atoms with Crippen molar-refractivity contribution in [2.45, 2.75) is 32.7 Å². The lowest BCUT2D eigenvalue weighted by Gasteiger charge is -2.23. The minimum Gasteiger partial charge on any atom is -0.301 e.